The largest absolute Gasteiger partial charge is 0.296 e. The molecule has 3 heterocycles. The third-order valence-corrected chi connectivity index (χ3v) is 7.36. The van der Waals surface area contributed by atoms with Crippen molar-refractivity contribution in [3.05, 3.63) is 75.0 Å². The van der Waals surface area contributed by atoms with Crippen LogP contribution in [0.5, 0.6) is 0 Å². The Hall–Kier alpha value is -3.22. The first-order valence-corrected chi connectivity index (χ1v) is 11.1. The van der Waals surface area contributed by atoms with Gasteiger partial charge in [0.05, 0.1) is 22.1 Å². The van der Waals surface area contributed by atoms with Crippen LogP contribution in [0.25, 0.3) is 0 Å². The predicted octanol–water partition coefficient (Wildman–Crippen LogP) is 2.45. The number of carbonyl (C=O) groups is 1. The number of rotatable bonds is 5. The first-order chi connectivity index (χ1) is 14.3. The van der Waals surface area contributed by atoms with Crippen LogP contribution in [0.4, 0.5) is 10.8 Å². The van der Waals surface area contributed by atoms with Gasteiger partial charge in [-0.3, -0.25) is 25.2 Å². The number of hydrogen-bond acceptors (Lipinski definition) is 8. The molecule has 0 spiro atoms. The average Bonchev–Trinajstić information content (AvgIpc) is 3.15. The minimum Gasteiger partial charge on any atom is -0.296 e. The molecule has 1 N–H and O–H groups in total. The molecule has 10 nitrogen and oxygen atoms in total. The molecule has 0 fully saturated rings. The Balaban J connectivity index is 1.51. The van der Waals surface area contributed by atoms with E-state index in [-0.39, 0.29) is 29.4 Å². The predicted molar refractivity (Wildman–Crippen MR) is 109 cm³/mol. The Morgan fingerprint density at radius 3 is 2.63 bits per heavy atom. The molecule has 3 aromatic rings. The van der Waals surface area contributed by atoms with E-state index in [1.54, 1.807) is 18.2 Å². The molecule has 1 amide bonds. The molecule has 4 rings (SSSR count). The van der Waals surface area contributed by atoms with Crippen LogP contribution in [-0.4, -0.2) is 40.1 Å². The van der Waals surface area contributed by atoms with E-state index >= 15 is 0 Å². The molecule has 0 aliphatic carbocycles. The van der Waals surface area contributed by atoms with Crippen molar-refractivity contribution in [3.63, 3.8) is 0 Å². The lowest BCUT2D eigenvalue weighted by Gasteiger charge is -2.25. The molecule has 0 unspecified atom stereocenters. The van der Waals surface area contributed by atoms with Gasteiger partial charge in [0.15, 0.2) is 5.13 Å². The molecule has 154 valence electrons. The van der Waals surface area contributed by atoms with Crippen molar-refractivity contribution in [2.75, 3.05) is 11.9 Å². The zero-order chi connectivity index (χ0) is 21.3. The zero-order valence-corrected chi connectivity index (χ0v) is 17.0. The number of benzene rings is 1. The molecule has 0 saturated heterocycles. The summed E-state index contributed by atoms with van der Waals surface area (Å²) in [5, 5.41) is 13.8. The number of hydrogen-bond donors (Lipinski definition) is 1. The van der Waals surface area contributed by atoms with Crippen molar-refractivity contribution in [3.8, 4) is 0 Å². The Labute approximate surface area is 175 Å². The van der Waals surface area contributed by atoms with Crippen LogP contribution >= 0.6 is 11.3 Å². The molecule has 1 aliphatic heterocycles. The summed E-state index contributed by atoms with van der Waals surface area (Å²) in [7, 11) is -3.81. The molecular formula is C18H15N5O5S2. The number of amides is 1. The summed E-state index contributed by atoms with van der Waals surface area (Å²) >= 11 is 1.21. The van der Waals surface area contributed by atoms with Gasteiger partial charge in [0.1, 0.15) is 5.69 Å². The number of nitrogens with one attached hydrogen (secondary N) is 1. The monoisotopic (exact) mass is 445 g/mol. The topological polar surface area (TPSA) is 135 Å². The number of anilines is 1. The Morgan fingerprint density at radius 2 is 1.97 bits per heavy atom. The summed E-state index contributed by atoms with van der Waals surface area (Å²) < 4.78 is 27.1. The van der Waals surface area contributed by atoms with Crippen LogP contribution in [0.3, 0.4) is 0 Å². The van der Waals surface area contributed by atoms with Crippen LogP contribution in [-0.2, 0) is 23.0 Å². The molecule has 0 atom stereocenters. The van der Waals surface area contributed by atoms with E-state index in [4.69, 9.17) is 0 Å². The molecule has 0 saturated carbocycles. The minimum atomic E-state index is -3.81. The Kier molecular flexibility index (Phi) is 5.28. The van der Waals surface area contributed by atoms with Crippen molar-refractivity contribution in [2.45, 2.75) is 17.9 Å². The van der Waals surface area contributed by atoms with E-state index in [2.05, 4.69) is 15.3 Å². The second-order valence-corrected chi connectivity index (χ2v) is 9.42. The average molecular weight is 445 g/mol. The number of nitro groups is 1. The molecule has 1 aliphatic rings. The second-order valence-electron chi connectivity index (χ2n) is 6.40. The van der Waals surface area contributed by atoms with E-state index < -0.39 is 20.9 Å². The van der Waals surface area contributed by atoms with Crippen molar-refractivity contribution in [1.82, 2.24) is 14.3 Å². The summed E-state index contributed by atoms with van der Waals surface area (Å²) in [6.45, 7) is 0.343. The van der Waals surface area contributed by atoms with Crippen LogP contribution < -0.4 is 5.32 Å². The van der Waals surface area contributed by atoms with E-state index in [1.807, 2.05) is 0 Å². The van der Waals surface area contributed by atoms with Gasteiger partial charge >= 0.3 is 0 Å². The fourth-order valence-electron chi connectivity index (χ4n) is 2.98. The second kappa shape index (κ2) is 7.89. The maximum absolute atomic E-state index is 12.9. The minimum absolute atomic E-state index is 0.00950. The molecule has 30 heavy (non-hydrogen) atoms. The van der Waals surface area contributed by atoms with Crippen molar-refractivity contribution in [1.29, 1.82) is 0 Å². The van der Waals surface area contributed by atoms with Crippen LogP contribution in [0, 0.1) is 10.1 Å². The van der Waals surface area contributed by atoms with Gasteiger partial charge in [-0.25, -0.2) is 13.4 Å². The van der Waals surface area contributed by atoms with Crippen LogP contribution in [0.2, 0.25) is 0 Å². The molecular weight excluding hydrogens is 430 g/mol. The number of carbonyl (C=O) groups excluding carboxylic acids is 1. The third kappa shape index (κ3) is 3.92. The highest BCUT2D eigenvalue weighted by Gasteiger charge is 2.31. The first-order valence-electron chi connectivity index (χ1n) is 8.80. The lowest BCUT2D eigenvalue weighted by molar-refractivity contribution is -0.384. The quantitative estimate of drug-likeness (QED) is 0.471. The number of sulfonamides is 1. The highest BCUT2D eigenvalue weighted by Crippen LogP contribution is 2.31. The molecule has 2 aromatic heterocycles. The summed E-state index contributed by atoms with van der Waals surface area (Å²) in [6.07, 6.45) is 1.92. The number of nitro benzene ring substituents is 1. The first kappa shape index (κ1) is 20.1. The fraction of sp³-hybridized carbons (Fsp3) is 0.167. The van der Waals surface area contributed by atoms with Gasteiger partial charge in [0.2, 0.25) is 10.0 Å². The Bertz CT molecular complexity index is 1210. The van der Waals surface area contributed by atoms with E-state index in [0.29, 0.717) is 11.6 Å². The van der Waals surface area contributed by atoms with Crippen molar-refractivity contribution >= 4 is 38.1 Å². The Morgan fingerprint density at radius 1 is 1.20 bits per heavy atom. The van der Waals surface area contributed by atoms with Gasteiger partial charge in [0.25, 0.3) is 11.6 Å². The molecule has 1 aromatic carbocycles. The van der Waals surface area contributed by atoms with Gasteiger partial charge in [-0.2, -0.15) is 4.31 Å². The number of thiazole rings is 1. The van der Waals surface area contributed by atoms with Crippen molar-refractivity contribution < 1.29 is 18.1 Å². The summed E-state index contributed by atoms with van der Waals surface area (Å²) in [4.78, 5) is 31.6. The summed E-state index contributed by atoms with van der Waals surface area (Å²) in [5.41, 5.74) is 0.824. The smallest absolute Gasteiger partial charge is 0.276 e. The van der Waals surface area contributed by atoms with E-state index in [1.165, 1.54) is 46.1 Å². The molecule has 0 bridgehead atoms. The maximum Gasteiger partial charge on any atom is 0.276 e. The number of non-ortho nitro benzene ring substituents is 1. The molecule has 12 heteroatoms. The third-order valence-electron chi connectivity index (χ3n) is 4.50. The number of fused-ring (bicyclic) bond motifs is 1. The van der Waals surface area contributed by atoms with E-state index in [0.717, 1.165) is 10.6 Å². The van der Waals surface area contributed by atoms with Gasteiger partial charge in [-0.15, -0.1) is 11.3 Å². The standard InChI is InChI=1S/C18H15N5O5S2/c24-17(15-3-1-2-9-19-15)21-18-20-14-8-10-22(11-16(14)29-18)30(27,28)13-6-4-12(5-7-13)23(25)26/h1-7,9H,8,10-11H2,(H,20,21,24). The fourth-order valence-corrected chi connectivity index (χ4v) is 5.49. The number of nitrogens with zero attached hydrogens (tertiary/aromatic N) is 4. The van der Waals surface area contributed by atoms with Crippen molar-refractivity contribution in [2.24, 2.45) is 0 Å². The lowest BCUT2D eigenvalue weighted by Crippen LogP contribution is -2.35. The highest BCUT2D eigenvalue weighted by molar-refractivity contribution is 7.89. The summed E-state index contributed by atoms with van der Waals surface area (Å²) in [5.74, 6) is -0.392. The van der Waals surface area contributed by atoms with Gasteiger partial charge in [-0.1, -0.05) is 6.07 Å². The summed E-state index contributed by atoms with van der Waals surface area (Å²) in [6, 6.07) is 9.79. The van der Waals surface area contributed by atoms with E-state index in [9.17, 15) is 23.3 Å². The maximum atomic E-state index is 12.9. The SMILES string of the molecule is O=C(Nc1nc2c(s1)CN(S(=O)(=O)c1ccc([N+](=O)[O-])cc1)CC2)c1ccccn1. The molecule has 0 radical (unpaired) electrons. The van der Waals surface area contributed by atoms with Crippen LogP contribution in [0.15, 0.2) is 53.6 Å². The van der Waals surface area contributed by atoms with Gasteiger partial charge in [0, 0.05) is 36.2 Å². The zero-order valence-electron chi connectivity index (χ0n) is 15.4. The van der Waals surface area contributed by atoms with Gasteiger partial charge < -0.3 is 0 Å². The normalized spacial score (nSPS) is 14.1. The van der Waals surface area contributed by atoms with Crippen LogP contribution in [0.1, 0.15) is 21.1 Å². The number of pyridine rings is 1. The van der Waals surface area contributed by atoms with Gasteiger partial charge in [-0.05, 0) is 24.3 Å². The highest BCUT2D eigenvalue weighted by atomic mass is 32.2. The lowest BCUT2D eigenvalue weighted by atomic mass is 10.2. The number of aromatic nitrogens is 2.